The average Bonchev–Trinajstić information content (AvgIpc) is 2.92. The summed E-state index contributed by atoms with van der Waals surface area (Å²) in [6.07, 6.45) is 6.54. The Kier molecular flexibility index (Phi) is 8.71. The van der Waals surface area contributed by atoms with Gasteiger partial charge in [0.25, 0.3) is 0 Å². The number of fused-ring (bicyclic) bond motifs is 5. The van der Waals surface area contributed by atoms with Crippen LogP contribution in [0.15, 0.2) is 12.1 Å². The van der Waals surface area contributed by atoms with Gasteiger partial charge >= 0.3 is 5.97 Å². The fraction of sp³-hybridized carbons (Fsp3) is 0.667. The topological polar surface area (TPSA) is 42.0 Å². The van der Waals surface area contributed by atoms with Gasteiger partial charge in [0, 0.05) is 19.6 Å². The first-order valence-corrected chi connectivity index (χ1v) is 11.1. The van der Waals surface area contributed by atoms with Crippen LogP contribution in [0.3, 0.4) is 0 Å². The largest absolute Gasteiger partial charge is 0.492 e. The first-order valence-electron chi connectivity index (χ1n) is 10.4. The number of carbonyl (C=O) groups is 1. The summed E-state index contributed by atoms with van der Waals surface area (Å²) in [6, 6.07) is 3.18. The van der Waals surface area contributed by atoms with Gasteiger partial charge in [-0.3, -0.25) is 0 Å². The Morgan fingerprint density at radius 3 is 2.14 bits per heavy atom. The number of nitrogens with zero attached hydrogens (tertiary/aromatic N) is 2. The second-order valence-corrected chi connectivity index (χ2v) is 8.34. The molecule has 0 aliphatic carbocycles. The van der Waals surface area contributed by atoms with Crippen LogP contribution in [0.1, 0.15) is 48.9 Å². The maximum Gasteiger partial charge on any atom is 0.338 e. The molecule has 0 N–H and O–H groups in total. The molecule has 1 saturated heterocycles. The Labute approximate surface area is 177 Å². The molecule has 0 spiro atoms. The van der Waals surface area contributed by atoms with Crippen molar-refractivity contribution >= 4 is 29.2 Å². The highest BCUT2D eigenvalue weighted by Crippen LogP contribution is 2.34. The predicted octanol–water partition coefficient (Wildman–Crippen LogP) is 4.50. The van der Waals surface area contributed by atoms with Crippen molar-refractivity contribution in [3.8, 4) is 5.75 Å². The van der Waals surface area contributed by atoms with Crippen LogP contribution in [0.5, 0.6) is 5.75 Å². The van der Waals surface area contributed by atoms with Crippen LogP contribution in [0.2, 0.25) is 10.0 Å². The lowest BCUT2D eigenvalue weighted by atomic mass is 10.2. The molecule has 2 atom stereocenters. The van der Waals surface area contributed by atoms with E-state index in [0.29, 0.717) is 34.6 Å². The van der Waals surface area contributed by atoms with Crippen molar-refractivity contribution < 1.29 is 14.3 Å². The third kappa shape index (κ3) is 6.51. The molecule has 5 nitrogen and oxygen atoms in total. The van der Waals surface area contributed by atoms with Gasteiger partial charge in [-0.25, -0.2) is 4.79 Å². The Balaban J connectivity index is 1.64. The van der Waals surface area contributed by atoms with E-state index in [1.807, 2.05) is 0 Å². The quantitative estimate of drug-likeness (QED) is 0.568. The molecule has 4 bridgehead atoms. The maximum absolute atomic E-state index is 12.4. The number of esters is 1. The van der Waals surface area contributed by atoms with Crippen molar-refractivity contribution in [2.24, 2.45) is 0 Å². The van der Waals surface area contributed by atoms with E-state index in [9.17, 15) is 4.79 Å². The van der Waals surface area contributed by atoms with Crippen LogP contribution in [0, 0.1) is 0 Å². The number of hydrogen-bond donors (Lipinski definition) is 0. The second-order valence-electron chi connectivity index (χ2n) is 7.56. The summed E-state index contributed by atoms with van der Waals surface area (Å²) < 4.78 is 11.2. The van der Waals surface area contributed by atoms with Crippen LogP contribution in [0.25, 0.3) is 0 Å². The fourth-order valence-electron chi connectivity index (χ4n) is 3.77. The first kappa shape index (κ1) is 21.7. The van der Waals surface area contributed by atoms with Gasteiger partial charge in [-0.1, -0.05) is 36.0 Å². The van der Waals surface area contributed by atoms with Gasteiger partial charge in [-0.15, -0.1) is 0 Å². The molecular weight excluding hydrogens is 399 g/mol. The zero-order valence-electron chi connectivity index (χ0n) is 16.4. The molecule has 0 saturated carbocycles. The minimum absolute atomic E-state index is 0.311. The highest BCUT2D eigenvalue weighted by molar-refractivity contribution is 6.43. The van der Waals surface area contributed by atoms with Gasteiger partial charge in [-0.05, 0) is 57.5 Å². The molecular formula is C21H30Cl2N2O3. The van der Waals surface area contributed by atoms with Crippen molar-refractivity contribution in [3.05, 3.63) is 27.7 Å². The smallest absolute Gasteiger partial charge is 0.338 e. The molecule has 2 aliphatic heterocycles. The van der Waals surface area contributed by atoms with Crippen molar-refractivity contribution in [2.45, 2.75) is 38.5 Å². The van der Waals surface area contributed by atoms with E-state index in [2.05, 4.69) is 9.80 Å². The first-order chi connectivity index (χ1) is 13.6. The average molecular weight is 429 g/mol. The van der Waals surface area contributed by atoms with E-state index >= 15 is 0 Å². The second kappa shape index (κ2) is 11.2. The summed E-state index contributed by atoms with van der Waals surface area (Å²) in [5.74, 6) is 0.0640. The van der Waals surface area contributed by atoms with Crippen molar-refractivity contribution in [2.75, 3.05) is 52.5 Å². The van der Waals surface area contributed by atoms with E-state index in [1.54, 1.807) is 12.1 Å². The van der Waals surface area contributed by atoms with Crippen LogP contribution in [0.4, 0.5) is 0 Å². The van der Waals surface area contributed by atoms with Crippen molar-refractivity contribution in [3.63, 3.8) is 0 Å². The molecule has 7 heteroatoms. The van der Waals surface area contributed by atoms with Crippen molar-refractivity contribution in [1.82, 2.24) is 9.80 Å². The molecule has 3 rings (SSSR count). The summed E-state index contributed by atoms with van der Waals surface area (Å²) in [5, 5.41) is 0.656. The van der Waals surface area contributed by atoms with Gasteiger partial charge in [0.1, 0.15) is 10.8 Å². The highest BCUT2D eigenvalue weighted by atomic mass is 35.5. The number of cyclic esters (lactones) is 1. The van der Waals surface area contributed by atoms with E-state index in [-0.39, 0.29) is 5.97 Å². The van der Waals surface area contributed by atoms with Gasteiger partial charge in [0.15, 0.2) is 0 Å². The third-order valence-electron chi connectivity index (χ3n) is 5.39. The molecule has 0 aromatic heterocycles. The highest BCUT2D eigenvalue weighted by Gasteiger charge is 2.17. The molecule has 1 aromatic rings. The molecule has 28 heavy (non-hydrogen) atoms. The van der Waals surface area contributed by atoms with Gasteiger partial charge in [0.2, 0.25) is 0 Å². The monoisotopic (exact) mass is 428 g/mol. The Morgan fingerprint density at radius 1 is 0.714 bits per heavy atom. The van der Waals surface area contributed by atoms with E-state index < -0.39 is 0 Å². The minimum atomic E-state index is -0.386. The van der Waals surface area contributed by atoms with Crippen molar-refractivity contribution in [1.29, 1.82) is 0 Å². The molecule has 156 valence electrons. The minimum Gasteiger partial charge on any atom is -0.492 e. The molecule has 1 aromatic carbocycles. The fourth-order valence-corrected chi connectivity index (χ4v) is 4.14. The number of carbonyl (C=O) groups excluding carboxylic acids is 1. The molecule has 0 amide bonds. The number of rotatable bonds is 0. The van der Waals surface area contributed by atoms with Crippen LogP contribution < -0.4 is 4.74 Å². The van der Waals surface area contributed by atoms with Crippen LogP contribution in [-0.2, 0) is 4.74 Å². The number of ether oxygens (including phenoxy) is 2. The van der Waals surface area contributed by atoms with Gasteiger partial charge in [0.05, 0.1) is 23.8 Å². The van der Waals surface area contributed by atoms with Crippen LogP contribution in [-0.4, -0.2) is 68.3 Å². The van der Waals surface area contributed by atoms with E-state index in [1.165, 1.54) is 32.4 Å². The third-order valence-corrected chi connectivity index (χ3v) is 6.17. The lowest BCUT2D eigenvalue weighted by molar-refractivity contribution is 0.0488. The summed E-state index contributed by atoms with van der Waals surface area (Å²) in [6.45, 7) is 7.62. The van der Waals surface area contributed by atoms with Crippen LogP contribution >= 0.6 is 23.2 Å². The number of hydrogen-bond acceptors (Lipinski definition) is 5. The summed E-state index contributed by atoms with van der Waals surface area (Å²) in [4.78, 5) is 17.5. The standard InChI is InChI=1S/C21H30Cl2N2O3/c22-18-15-17-16-19(20(18)23)27-13-4-2-1-3-7-24-8-5-9-25(12-11-24)10-6-14-28-21(17)26/h15-16H,1-14H2. The Hall–Kier alpha value is -1.01. The van der Waals surface area contributed by atoms with Gasteiger partial charge < -0.3 is 19.3 Å². The zero-order valence-corrected chi connectivity index (χ0v) is 17.9. The summed E-state index contributed by atoms with van der Waals surface area (Å²) >= 11 is 12.4. The molecule has 1 fully saturated rings. The maximum atomic E-state index is 12.4. The SMILES string of the molecule is O=C1OCCCN2CCCN(CCCCCCOc3cc1cc(Cl)c3Cl)CC2. The molecule has 2 heterocycles. The van der Waals surface area contributed by atoms with E-state index in [0.717, 1.165) is 45.4 Å². The van der Waals surface area contributed by atoms with E-state index in [4.69, 9.17) is 32.7 Å². The lowest BCUT2D eigenvalue weighted by Crippen LogP contribution is -2.32. The normalized spacial score (nSPS) is 25.6. The predicted molar refractivity (Wildman–Crippen MR) is 113 cm³/mol. The molecule has 2 unspecified atom stereocenters. The number of halogens is 2. The Morgan fingerprint density at radius 2 is 1.36 bits per heavy atom. The molecule has 0 radical (unpaired) electrons. The lowest BCUT2D eigenvalue weighted by Gasteiger charge is -2.21. The summed E-state index contributed by atoms with van der Waals surface area (Å²) in [5.41, 5.74) is 0.382. The van der Waals surface area contributed by atoms with Gasteiger partial charge in [-0.2, -0.15) is 0 Å². The zero-order chi connectivity index (χ0) is 19.8. The summed E-state index contributed by atoms with van der Waals surface area (Å²) in [7, 11) is 0. The molecule has 2 aliphatic rings. The Bertz CT molecular complexity index is 657. The number of benzene rings is 1.